The Morgan fingerprint density at radius 2 is 2.22 bits per heavy atom. The van der Waals surface area contributed by atoms with E-state index >= 15 is 0 Å². The van der Waals surface area contributed by atoms with Crippen LogP contribution < -0.4 is 5.32 Å². The summed E-state index contributed by atoms with van der Waals surface area (Å²) in [6, 6.07) is 5.80. The van der Waals surface area contributed by atoms with E-state index in [2.05, 4.69) is 5.32 Å². The van der Waals surface area contributed by atoms with E-state index in [1.807, 2.05) is 19.9 Å². The molecule has 0 aromatic heterocycles. The number of rotatable bonds is 5. The summed E-state index contributed by atoms with van der Waals surface area (Å²) in [5, 5.41) is 31.8. The Kier molecular flexibility index (Phi) is 4.63. The van der Waals surface area contributed by atoms with Crippen LogP contribution in [0.4, 0.5) is 11.4 Å². The molecule has 1 rings (SSSR count). The number of aliphatic hydroxyl groups excluding tert-OH is 1. The van der Waals surface area contributed by atoms with Crippen molar-refractivity contribution in [2.75, 3.05) is 11.9 Å². The molecule has 0 aliphatic rings. The molecule has 0 amide bonds. The third-order valence-electron chi connectivity index (χ3n) is 2.67. The Morgan fingerprint density at radius 3 is 2.67 bits per heavy atom. The minimum absolute atomic E-state index is 0.116. The molecule has 0 aliphatic carbocycles. The minimum atomic E-state index is -0.544. The van der Waals surface area contributed by atoms with Crippen LogP contribution in [0.5, 0.6) is 0 Å². The summed E-state index contributed by atoms with van der Waals surface area (Å²) < 4.78 is 0. The molecule has 0 aliphatic heterocycles. The van der Waals surface area contributed by atoms with Gasteiger partial charge in [0.1, 0.15) is 5.69 Å². The Hall–Kier alpha value is -2.13. The Morgan fingerprint density at radius 1 is 1.56 bits per heavy atom. The smallest absolute Gasteiger partial charge is 0.293 e. The predicted octanol–water partition coefficient (Wildman–Crippen LogP) is 1.90. The Labute approximate surface area is 105 Å². The summed E-state index contributed by atoms with van der Waals surface area (Å²) in [5.74, 6) is 0.130. The van der Waals surface area contributed by atoms with Crippen molar-refractivity contribution >= 4 is 11.4 Å². The lowest BCUT2D eigenvalue weighted by atomic mass is 10.0. The number of nitrogens with zero attached hydrogens (tertiary/aromatic N) is 2. The van der Waals surface area contributed by atoms with Gasteiger partial charge in [-0.1, -0.05) is 13.8 Å². The van der Waals surface area contributed by atoms with Crippen molar-refractivity contribution in [3.05, 3.63) is 33.9 Å². The van der Waals surface area contributed by atoms with Crippen molar-refractivity contribution in [2.24, 2.45) is 5.92 Å². The van der Waals surface area contributed by atoms with E-state index in [1.54, 1.807) is 0 Å². The highest BCUT2D eigenvalue weighted by atomic mass is 16.6. The van der Waals surface area contributed by atoms with E-state index in [9.17, 15) is 15.2 Å². The fourth-order valence-corrected chi connectivity index (χ4v) is 1.50. The number of aliphatic hydroxyl groups is 1. The van der Waals surface area contributed by atoms with Crippen molar-refractivity contribution < 1.29 is 10.0 Å². The second-order valence-electron chi connectivity index (χ2n) is 4.28. The number of hydrogen-bond donors (Lipinski definition) is 2. The number of benzene rings is 1. The van der Waals surface area contributed by atoms with E-state index < -0.39 is 4.92 Å². The molecule has 1 aromatic rings. The first-order valence-corrected chi connectivity index (χ1v) is 5.55. The fraction of sp³-hybridized carbons (Fsp3) is 0.417. The maximum absolute atomic E-state index is 10.9. The molecule has 2 N–H and O–H groups in total. The van der Waals surface area contributed by atoms with Gasteiger partial charge in [-0.15, -0.1) is 0 Å². The molecule has 0 saturated heterocycles. The lowest BCUT2D eigenvalue weighted by molar-refractivity contribution is -0.384. The fourth-order valence-electron chi connectivity index (χ4n) is 1.50. The number of nitrogens with one attached hydrogen (secondary N) is 1. The second-order valence-corrected chi connectivity index (χ2v) is 4.28. The first-order chi connectivity index (χ1) is 8.49. The highest BCUT2D eigenvalue weighted by Gasteiger charge is 2.19. The molecule has 0 heterocycles. The Bertz CT molecular complexity index is 480. The highest BCUT2D eigenvalue weighted by molar-refractivity contribution is 5.64. The monoisotopic (exact) mass is 249 g/mol. The number of nitriles is 1. The Balaban J connectivity index is 3.09. The van der Waals surface area contributed by atoms with Crippen molar-refractivity contribution in [1.29, 1.82) is 5.26 Å². The minimum Gasteiger partial charge on any atom is -0.394 e. The molecule has 0 fully saturated rings. The van der Waals surface area contributed by atoms with Crippen LogP contribution in [0.2, 0.25) is 0 Å². The SMILES string of the molecule is CC(C)C(CO)Nc1ccc(C#N)cc1[N+](=O)[O-]. The third-order valence-corrected chi connectivity index (χ3v) is 2.67. The second kappa shape index (κ2) is 5.98. The highest BCUT2D eigenvalue weighted by Crippen LogP contribution is 2.26. The molecule has 6 nitrogen and oxygen atoms in total. The number of hydrogen-bond acceptors (Lipinski definition) is 5. The van der Waals surface area contributed by atoms with Crippen LogP contribution in [0.1, 0.15) is 19.4 Å². The maximum Gasteiger partial charge on any atom is 0.293 e. The summed E-state index contributed by atoms with van der Waals surface area (Å²) in [6.07, 6.45) is 0. The van der Waals surface area contributed by atoms with Crippen molar-refractivity contribution in [3.8, 4) is 6.07 Å². The van der Waals surface area contributed by atoms with Gasteiger partial charge in [-0.2, -0.15) is 5.26 Å². The summed E-state index contributed by atoms with van der Waals surface area (Å²) in [6.45, 7) is 3.70. The summed E-state index contributed by atoms with van der Waals surface area (Å²) >= 11 is 0. The molecular weight excluding hydrogens is 234 g/mol. The molecular formula is C12H15N3O3. The number of nitro groups is 1. The molecule has 0 spiro atoms. The van der Waals surface area contributed by atoms with Gasteiger partial charge < -0.3 is 10.4 Å². The zero-order valence-electron chi connectivity index (χ0n) is 10.3. The molecule has 18 heavy (non-hydrogen) atoms. The number of anilines is 1. The van der Waals surface area contributed by atoms with Crippen LogP contribution in [-0.4, -0.2) is 22.7 Å². The van der Waals surface area contributed by atoms with Crippen LogP contribution in [0.15, 0.2) is 18.2 Å². The van der Waals surface area contributed by atoms with Crippen LogP contribution in [-0.2, 0) is 0 Å². The predicted molar refractivity (Wildman–Crippen MR) is 67.1 cm³/mol. The van der Waals surface area contributed by atoms with E-state index in [0.717, 1.165) is 0 Å². The summed E-state index contributed by atoms with van der Waals surface area (Å²) in [5.41, 5.74) is 0.386. The van der Waals surface area contributed by atoms with Gasteiger partial charge >= 0.3 is 0 Å². The van der Waals surface area contributed by atoms with Gasteiger partial charge in [0.05, 0.1) is 29.2 Å². The van der Waals surface area contributed by atoms with Crippen LogP contribution in [0.25, 0.3) is 0 Å². The van der Waals surface area contributed by atoms with Gasteiger partial charge in [0, 0.05) is 6.07 Å². The van der Waals surface area contributed by atoms with Crippen molar-refractivity contribution in [1.82, 2.24) is 0 Å². The van der Waals surface area contributed by atoms with Gasteiger partial charge in [0.15, 0.2) is 0 Å². The van der Waals surface area contributed by atoms with Gasteiger partial charge in [-0.25, -0.2) is 0 Å². The number of nitro benzene ring substituents is 1. The lowest BCUT2D eigenvalue weighted by Gasteiger charge is -2.21. The summed E-state index contributed by atoms with van der Waals surface area (Å²) in [4.78, 5) is 10.4. The average molecular weight is 249 g/mol. The maximum atomic E-state index is 10.9. The largest absolute Gasteiger partial charge is 0.394 e. The molecule has 0 saturated carbocycles. The molecule has 1 aromatic carbocycles. The first-order valence-electron chi connectivity index (χ1n) is 5.55. The van der Waals surface area contributed by atoms with E-state index in [0.29, 0.717) is 5.69 Å². The molecule has 6 heteroatoms. The van der Waals surface area contributed by atoms with Crippen LogP contribution >= 0.6 is 0 Å². The van der Waals surface area contributed by atoms with Crippen LogP contribution in [0.3, 0.4) is 0 Å². The standard InChI is InChI=1S/C12H15N3O3/c1-8(2)11(7-16)14-10-4-3-9(6-13)5-12(10)15(17)18/h3-5,8,11,14,16H,7H2,1-2H3. The van der Waals surface area contributed by atoms with Crippen LogP contribution in [0, 0.1) is 27.4 Å². The van der Waals surface area contributed by atoms with E-state index in [4.69, 9.17) is 5.26 Å². The lowest BCUT2D eigenvalue weighted by Crippen LogP contribution is -2.29. The zero-order chi connectivity index (χ0) is 13.7. The van der Waals surface area contributed by atoms with Crippen molar-refractivity contribution in [2.45, 2.75) is 19.9 Å². The third kappa shape index (κ3) is 3.18. The summed E-state index contributed by atoms with van der Waals surface area (Å²) in [7, 11) is 0. The quantitative estimate of drug-likeness (QED) is 0.613. The molecule has 96 valence electrons. The van der Waals surface area contributed by atoms with E-state index in [1.165, 1.54) is 18.2 Å². The molecule has 0 radical (unpaired) electrons. The van der Waals surface area contributed by atoms with Gasteiger partial charge in [0.2, 0.25) is 0 Å². The molecule has 1 atom stereocenters. The molecule has 1 unspecified atom stereocenters. The molecule has 0 bridgehead atoms. The van der Waals surface area contributed by atoms with Gasteiger partial charge in [-0.3, -0.25) is 10.1 Å². The van der Waals surface area contributed by atoms with E-state index in [-0.39, 0.29) is 29.8 Å². The van der Waals surface area contributed by atoms with Gasteiger partial charge in [0.25, 0.3) is 5.69 Å². The normalized spacial score (nSPS) is 11.9. The first kappa shape index (κ1) is 13.9. The van der Waals surface area contributed by atoms with Crippen molar-refractivity contribution in [3.63, 3.8) is 0 Å². The topological polar surface area (TPSA) is 99.2 Å². The van der Waals surface area contributed by atoms with Gasteiger partial charge in [-0.05, 0) is 18.1 Å². The average Bonchev–Trinajstić information content (AvgIpc) is 2.35. The zero-order valence-corrected chi connectivity index (χ0v) is 10.3.